The summed E-state index contributed by atoms with van der Waals surface area (Å²) in [5, 5.41) is 2.91. The molecule has 4 rings (SSSR count). The monoisotopic (exact) mass is 498 g/mol. The Labute approximate surface area is 202 Å². The first-order valence-corrected chi connectivity index (χ1v) is 11.7. The summed E-state index contributed by atoms with van der Waals surface area (Å²) in [4.78, 5) is 37.7. The number of hydrogen-bond acceptors (Lipinski definition) is 8. The Kier molecular flexibility index (Phi) is 7.44. The second kappa shape index (κ2) is 10.2. The zero-order chi connectivity index (χ0) is 24.5. The Morgan fingerprint density at radius 3 is 2.68 bits per heavy atom. The molecule has 0 saturated carbocycles. The van der Waals surface area contributed by atoms with E-state index in [2.05, 4.69) is 0 Å². The lowest BCUT2D eigenvalue weighted by Gasteiger charge is -2.43. The number of halogens is 2. The second-order valence-corrected chi connectivity index (χ2v) is 8.74. The minimum Gasteiger partial charge on any atom is -0.434 e. The predicted molar refractivity (Wildman–Crippen MR) is 119 cm³/mol. The normalized spacial score (nSPS) is 22.7. The zero-order valence-corrected chi connectivity index (χ0v) is 20.2. The number of nitrogens with zero attached hydrogens (tertiary/aromatic N) is 2. The largest absolute Gasteiger partial charge is 0.513 e. The highest BCUT2D eigenvalue weighted by atomic mass is 35.5. The lowest BCUT2D eigenvalue weighted by molar-refractivity contribution is -0.291. The predicted octanol–water partition coefficient (Wildman–Crippen LogP) is 3.98. The second-order valence-electron chi connectivity index (χ2n) is 8.33. The highest BCUT2D eigenvalue weighted by Crippen LogP contribution is 2.49. The van der Waals surface area contributed by atoms with Gasteiger partial charge in [-0.05, 0) is 44.7 Å². The number of benzene rings is 1. The van der Waals surface area contributed by atoms with E-state index < -0.39 is 29.7 Å². The maximum atomic E-state index is 15.4. The Morgan fingerprint density at radius 1 is 1.32 bits per heavy atom. The molecule has 186 valence electrons. The van der Waals surface area contributed by atoms with Crippen LogP contribution in [0.25, 0.3) is 5.57 Å². The molecule has 0 aromatic heterocycles. The Morgan fingerprint density at radius 2 is 2.06 bits per heavy atom. The van der Waals surface area contributed by atoms with Crippen LogP contribution in [0.3, 0.4) is 0 Å². The average Bonchev–Trinajstić information content (AvgIpc) is 3.41. The third-order valence-corrected chi connectivity index (χ3v) is 6.65. The summed E-state index contributed by atoms with van der Waals surface area (Å²) in [5.74, 6) is -1.38. The topological polar surface area (TPSA) is 86.8 Å². The molecule has 0 aliphatic carbocycles. The van der Waals surface area contributed by atoms with Crippen molar-refractivity contribution in [2.24, 2.45) is 0 Å². The smallest absolute Gasteiger partial charge is 0.434 e. The van der Waals surface area contributed by atoms with Crippen molar-refractivity contribution in [3.05, 3.63) is 39.9 Å². The lowest BCUT2D eigenvalue weighted by atomic mass is 9.85. The summed E-state index contributed by atoms with van der Waals surface area (Å²) in [7, 11) is 1.55. The van der Waals surface area contributed by atoms with E-state index in [1.807, 2.05) is 0 Å². The molecule has 3 aliphatic rings. The van der Waals surface area contributed by atoms with Crippen molar-refractivity contribution in [1.82, 2.24) is 10.1 Å². The molecule has 1 spiro atoms. The molecular formula is C23H28ClFN2O7. The van der Waals surface area contributed by atoms with Gasteiger partial charge in [-0.15, -0.1) is 0 Å². The van der Waals surface area contributed by atoms with Gasteiger partial charge >= 0.3 is 6.16 Å². The fourth-order valence-corrected chi connectivity index (χ4v) is 4.81. The van der Waals surface area contributed by atoms with Gasteiger partial charge in [-0.25, -0.2) is 19.1 Å². The standard InChI is InChI=1S/C23H28ClFN2O7/c1-4-31-22(29)33-20-18(17-15(24)8-7-14(2)19(17)25)21(28)27(34-16-6-5-13-32-16)23(20)9-11-26(30-3)12-10-23/h7-8,16H,4-6,9-13H2,1-3H3. The lowest BCUT2D eigenvalue weighted by Crippen LogP contribution is -2.56. The van der Waals surface area contributed by atoms with Crippen LogP contribution in [-0.2, 0) is 28.7 Å². The molecule has 3 aliphatic heterocycles. The molecule has 1 atom stereocenters. The van der Waals surface area contributed by atoms with Gasteiger partial charge in [0.25, 0.3) is 5.91 Å². The van der Waals surface area contributed by atoms with Crippen molar-refractivity contribution in [3.63, 3.8) is 0 Å². The maximum absolute atomic E-state index is 15.4. The molecule has 0 radical (unpaired) electrons. The van der Waals surface area contributed by atoms with Gasteiger partial charge in [0, 0.05) is 25.1 Å². The number of carbonyl (C=O) groups excluding carboxylic acids is 2. The third kappa shape index (κ3) is 4.40. The number of hydroxylamine groups is 4. The van der Waals surface area contributed by atoms with Crippen molar-refractivity contribution in [1.29, 1.82) is 0 Å². The van der Waals surface area contributed by atoms with E-state index in [1.54, 1.807) is 26.0 Å². The van der Waals surface area contributed by atoms with Gasteiger partial charge < -0.3 is 19.0 Å². The minimum atomic E-state index is -1.21. The zero-order valence-electron chi connectivity index (χ0n) is 19.4. The molecule has 1 unspecified atom stereocenters. The summed E-state index contributed by atoms with van der Waals surface area (Å²) in [5.41, 5.74) is -1.22. The number of hydrogen-bond donors (Lipinski definition) is 0. The van der Waals surface area contributed by atoms with Crippen molar-refractivity contribution in [2.75, 3.05) is 33.4 Å². The van der Waals surface area contributed by atoms with Crippen LogP contribution in [-0.4, -0.2) is 67.4 Å². The highest BCUT2D eigenvalue weighted by molar-refractivity contribution is 6.35. The molecule has 1 aromatic carbocycles. The Bertz CT molecular complexity index is 988. The van der Waals surface area contributed by atoms with Crippen molar-refractivity contribution in [3.8, 4) is 0 Å². The van der Waals surface area contributed by atoms with Crippen LogP contribution in [0.5, 0.6) is 0 Å². The van der Waals surface area contributed by atoms with E-state index in [9.17, 15) is 9.59 Å². The first-order valence-electron chi connectivity index (χ1n) is 11.3. The van der Waals surface area contributed by atoms with Gasteiger partial charge in [-0.2, -0.15) is 5.06 Å². The van der Waals surface area contributed by atoms with Crippen LogP contribution in [0, 0.1) is 12.7 Å². The summed E-state index contributed by atoms with van der Waals surface area (Å²) in [6, 6.07) is 3.02. The summed E-state index contributed by atoms with van der Waals surface area (Å²) in [6.07, 6.45) is 0.307. The van der Waals surface area contributed by atoms with Crippen LogP contribution in [0.2, 0.25) is 5.02 Å². The van der Waals surface area contributed by atoms with Gasteiger partial charge in [-0.1, -0.05) is 17.7 Å². The fourth-order valence-electron chi connectivity index (χ4n) is 4.57. The minimum absolute atomic E-state index is 0.0138. The van der Waals surface area contributed by atoms with E-state index >= 15 is 4.39 Å². The van der Waals surface area contributed by atoms with Gasteiger partial charge in [0.1, 0.15) is 11.4 Å². The number of carbonyl (C=O) groups is 2. The molecule has 2 fully saturated rings. The molecule has 2 saturated heterocycles. The van der Waals surface area contributed by atoms with Gasteiger partial charge in [0.15, 0.2) is 12.0 Å². The van der Waals surface area contributed by atoms with E-state index in [4.69, 9.17) is 35.5 Å². The molecule has 1 aromatic rings. The molecule has 1 amide bonds. The molecule has 0 N–H and O–H groups in total. The first kappa shape index (κ1) is 24.9. The van der Waals surface area contributed by atoms with Crippen LogP contribution >= 0.6 is 11.6 Å². The van der Waals surface area contributed by atoms with Crippen molar-refractivity contribution >= 4 is 29.2 Å². The molecule has 11 heteroatoms. The molecule has 9 nitrogen and oxygen atoms in total. The highest BCUT2D eigenvalue weighted by Gasteiger charge is 2.58. The van der Waals surface area contributed by atoms with Crippen molar-refractivity contribution in [2.45, 2.75) is 51.4 Å². The molecular weight excluding hydrogens is 471 g/mol. The number of aryl methyl sites for hydroxylation is 1. The first-order chi connectivity index (χ1) is 16.3. The van der Waals surface area contributed by atoms with E-state index in [0.717, 1.165) is 6.42 Å². The quantitative estimate of drug-likeness (QED) is 0.544. The van der Waals surface area contributed by atoms with Crippen LogP contribution in [0.15, 0.2) is 17.9 Å². The molecule has 0 bridgehead atoms. The third-order valence-electron chi connectivity index (χ3n) is 6.34. The van der Waals surface area contributed by atoms with E-state index in [-0.39, 0.29) is 34.1 Å². The summed E-state index contributed by atoms with van der Waals surface area (Å²) >= 11 is 6.39. The van der Waals surface area contributed by atoms with Crippen LogP contribution < -0.4 is 0 Å². The van der Waals surface area contributed by atoms with E-state index in [1.165, 1.54) is 17.2 Å². The maximum Gasteiger partial charge on any atom is 0.513 e. The number of amides is 1. The van der Waals surface area contributed by atoms with Crippen LogP contribution in [0.4, 0.5) is 9.18 Å². The molecule has 34 heavy (non-hydrogen) atoms. The Hall–Kier alpha value is -2.24. The van der Waals surface area contributed by atoms with Crippen LogP contribution in [0.1, 0.15) is 43.7 Å². The van der Waals surface area contributed by atoms with Crippen molar-refractivity contribution < 1.29 is 37.9 Å². The number of rotatable bonds is 6. The number of ether oxygens (including phenoxy) is 3. The SMILES string of the molecule is CCOC(=O)OC1=C(c2c(Cl)ccc(C)c2F)C(=O)N(OC2CCCO2)C12CCN(OC)CC2. The summed E-state index contributed by atoms with van der Waals surface area (Å²) < 4.78 is 31.6. The van der Waals surface area contributed by atoms with Gasteiger partial charge in [0.2, 0.25) is 0 Å². The number of piperidine rings is 1. The van der Waals surface area contributed by atoms with Gasteiger partial charge in [-0.3, -0.25) is 4.79 Å². The Balaban J connectivity index is 1.88. The average molecular weight is 499 g/mol. The molecule has 3 heterocycles. The van der Waals surface area contributed by atoms with Gasteiger partial charge in [0.05, 0.1) is 30.9 Å². The van der Waals surface area contributed by atoms with E-state index in [0.29, 0.717) is 39.0 Å². The fraction of sp³-hybridized carbons (Fsp3) is 0.565. The summed E-state index contributed by atoms with van der Waals surface area (Å²) in [6.45, 7) is 4.57.